The maximum Gasteiger partial charge on any atom is 0.254 e. The molecule has 1 saturated heterocycles. The van der Waals surface area contributed by atoms with E-state index < -0.39 is 0 Å². The second-order valence-corrected chi connectivity index (χ2v) is 10.2. The van der Waals surface area contributed by atoms with Gasteiger partial charge in [0.25, 0.3) is 5.91 Å². The molecule has 0 bridgehead atoms. The van der Waals surface area contributed by atoms with Crippen molar-refractivity contribution in [1.82, 2.24) is 9.80 Å². The van der Waals surface area contributed by atoms with Crippen molar-refractivity contribution >= 4 is 16.7 Å². The maximum absolute atomic E-state index is 13.3. The van der Waals surface area contributed by atoms with E-state index in [1.165, 1.54) is 30.0 Å². The van der Waals surface area contributed by atoms with Crippen LogP contribution in [0.1, 0.15) is 41.6 Å². The van der Waals surface area contributed by atoms with E-state index in [4.69, 9.17) is 14.2 Å². The normalized spacial score (nSPS) is 19.8. The summed E-state index contributed by atoms with van der Waals surface area (Å²) in [6.45, 7) is 5.77. The number of benzene rings is 3. The second-order valence-electron chi connectivity index (χ2n) is 10.2. The largest absolute Gasteiger partial charge is 0.493 e. The third-order valence-corrected chi connectivity index (χ3v) is 7.72. The molecule has 0 aromatic heterocycles. The molecule has 0 radical (unpaired) electrons. The van der Waals surface area contributed by atoms with Crippen LogP contribution >= 0.6 is 0 Å². The van der Waals surface area contributed by atoms with Crippen LogP contribution < -0.4 is 14.2 Å². The summed E-state index contributed by atoms with van der Waals surface area (Å²) in [4.78, 5) is 17.9. The average Bonchev–Trinajstić information content (AvgIpc) is 3.25. The number of fused-ring (bicyclic) bond motifs is 3. The predicted octanol–water partition coefficient (Wildman–Crippen LogP) is 5.14. The minimum atomic E-state index is 0.133. The quantitative estimate of drug-likeness (QED) is 0.433. The fourth-order valence-corrected chi connectivity index (χ4v) is 5.86. The van der Waals surface area contributed by atoms with Crippen molar-refractivity contribution in [2.45, 2.75) is 32.1 Å². The smallest absolute Gasteiger partial charge is 0.254 e. The Morgan fingerprint density at radius 1 is 0.972 bits per heavy atom. The summed E-state index contributed by atoms with van der Waals surface area (Å²) in [6, 6.07) is 18.5. The van der Waals surface area contributed by atoms with Gasteiger partial charge in [0.15, 0.2) is 11.5 Å². The Balaban J connectivity index is 1.02. The average molecular weight is 487 g/mol. The van der Waals surface area contributed by atoms with Crippen LogP contribution in [0.15, 0.2) is 54.6 Å². The van der Waals surface area contributed by atoms with Gasteiger partial charge in [-0.2, -0.15) is 0 Å². The lowest BCUT2D eigenvalue weighted by Crippen LogP contribution is -2.43. The molecule has 0 saturated carbocycles. The van der Waals surface area contributed by atoms with Crippen LogP contribution in [0.2, 0.25) is 0 Å². The van der Waals surface area contributed by atoms with Crippen LogP contribution in [0.3, 0.4) is 0 Å². The molecule has 1 unspecified atom stereocenters. The highest BCUT2D eigenvalue weighted by molar-refractivity contribution is 5.97. The van der Waals surface area contributed by atoms with E-state index in [9.17, 15) is 4.79 Å². The van der Waals surface area contributed by atoms with Gasteiger partial charge in [-0.15, -0.1) is 0 Å². The Bertz CT molecular complexity index is 1240. The fraction of sp³-hybridized carbons (Fsp3) is 0.433. The highest BCUT2D eigenvalue weighted by Gasteiger charge is 2.30. The van der Waals surface area contributed by atoms with E-state index in [1.54, 1.807) is 0 Å². The standard InChI is InChI=1S/C30H34N2O4/c33-30-26-18-29-28(35-21-36-29)17-24(26)12-15-32(30)20-22-7-3-4-13-31(19-22)14-6-16-34-27-11-5-9-23-8-1-2-10-25(23)27/h1-2,5,8-11,17-18,22H,3-4,6-7,12-16,19-21H2. The first kappa shape index (κ1) is 23.2. The predicted molar refractivity (Wildman–Crippen MR) is 140 cm³/mol. The number of hydrogen-bond donors (Lipinski definition) is 0. The Hall–Kier alpha value is -3.25. The molecule has 3 heterocycles. The molecule has 1 atom stereocenters. The van der Waals surface area contributed by atoms with Gasteiger partial charge in [0, 0.05) is 37.1 Å². The van der Waals surface area contributed by atoms with Crippen molar-refractivity contribution in [3.63, 3.8) is 0 Å². The van der Waals surface area contributed by atoms with Crippen molar-refractivity contribution < 1.29 is 19.0 Å². The van der Waals surface area contributed by atoms with Gasteiger partial charge in [0.05, 0.1) is 6.61 Å². The van der Waals surface area contributed by atoms with Crippen LogP contribution in [0, 0.1) is 5.92 Å². The van der Waals surface area contributed by atoms with Crippen molar-refractivity contribution in [2.75, 3.05) is 46.1 Å². The third-order valence-electron chi connectivity index (χ3n) is 7.72. The molecule has 1 fully saturated rings. The van der Waals surface area contributed by atoms with E-state index in [0.717, 1.165) is 68.2 Å². The Morgan fingerprint density at radius 3 is 2.78 bits per heavy atom. The Kier molecular flexibility index (Phi) is 6.69. The molecule has 0 aliphatic carbocycles. The van der Waals surface area contributed by atoms with E-state index >= 15 is 0 Å². The van der Waals surface area contributed by atoms with Gasteiger partial charge < -0.3 is 24.0 Å². The SMILES string of the molecule is O=C1c2cc3c(cc2CCN1CC1CCCCN(CCCOc2cccc4ccccc24)C1)OCO3. The van der Waals surface area contributed by atoms with Crippen LogP contribution in [0.5, 0.6) is 17.2 Å². The van der Waals surface area contributed by atoms with Crippen molar-refractivity contribution in [2.24, 2.45) is 5.92 Å². The summed E-state index contributed by atoms with van der Waals surface area (Å²) in [5.74, 6) is 3.06. The molecule has 3 aliphatic heterocycles. The van der Waals surface area contributed by atoms with Gasteiger partial charge in [-0.3, -0.25) is 4.79 Å². The number of carbonyl (C=O) groups excluding carboxylic acids is 1. The fourth-order valence-electron chi connectivity index (χ4n) is 5.86. The topological polar surface area (TPSA) is 51.2 Å². The zero-order valence-electron chi connectivity index (χ0n) is 20.8. The molecule has 3 aromatic rings. The number of carbonyl (C=O) groups is 1. The van der Waals surface area contributed by atoms with Crippen molar-refractivity contribution in [1.29, 1.82) is 0 Å². The van der Waals surface area contributed by atoms with E-state index in [1.807, 2.05) is 12.1 Å². The highest BCUT2D eigenvalue weighted by Crippen LogP contribution is 2.37. The van der Waals surface area contributed by atoms with Gasteiger partial charge in [-0.05, 0) is 67.3 Å². The first-order valence-electron chi connectivity index (χ1n) is 13.3. The van der Waals surface area contributed by atoms with E-state index in [2.05, 4.69) is 52.3 Å². The monoisotopic (exact) mass is 486 g/mol. The van der Waals surface area contributed by atoms with Crippen LogP contribution in [-0.4, -0.2) is 61.8 Å². The molecule has 6 heteroatoms. The van der Waals surface area contributed by atoms with Crippen LogP contribution in [-0.2, 0) is 6.42 Å². The maximum atomic E-state index is 13.3. The van der Waals surface area contributed by atoms with Crippen LogP contribution in [0.4, 0.5) is 0 Å². The second kappa shape index (κ2) is 10.4. The minimum absolute atomic E-state index is 0.133. The van der Waals surface area contributed by atoms with Crippen molar-refractivity contribution in [3.05, 3.63) is 65.7 Å². The number of ether oxygens (including phenoxy) is 3. The van der Waals surface area contributed by atoms with Gasteiger partial charge in [-0.25, -0.2) is 0 Å². The summed E-state index contributed by atoms with van der Waals surface area (Å²) in [5, 5.41) is 2.39. The molecule has 0 N–H and O–H groups in total. The number of likely N-dealkylation sites (tertiary alicyclic amines) is 1. The first-order valence-corrected chi connectivity index (χ1v) is 13.3. The number of amides is 1. The summed E-state index contributed by atoms with van der Waals surface area (Å²) >= 11 is 0. The van der Waals surface area contributed by atoms with Gasteiger partial charge in [0.1, 0.15) is 5.75 Å². The Morgan fingerprint density at radius 2 is 1.83 bits per heavy atom. The van der Waals surface area contributed by atoms with E-state index in [-0.39, 0.29) is 12.7 Å². The number of hydrogen-bond acceptors (Lipinski definition) is 5. The molecule has 1 amide bonds. The van der Waals surface area contributed by atoms with E-state index in [0.29, 0.717) is 18.3 Å². The molecule has 188 valence electrons. The lowest BCUT2D eigenvalue weighted by atomic mass is 9.96. The van der Waals surface area contributed by atoms with Gasteiger partial charge >= 0.3 is 0 Å². The molecule has 3 aliphatic rings. The molecular formula is C30H34N2O4. The zero-order chi connectivity index (χ0) is 24.3. The third kappa shape index (κ3) is 4.87. The molecule has 6 nitrogen and oxygen atoms in total. The Labute approximate surface area is 212 Å². The number of nitrogens with zero attached hydrogens (tertiary/aromatic N) is 2. The summed E-state index contributed by atoms with van der Waals surface area (Å²) in [5.41, 5.74) is 1.86. The molecule has 0 spiro atoms. The first-order chi connectivity index (χ1) is 17.7. The number of rotatable bonds is 7. The van der Waals surface area contributed by atoms with Crippen molar-refractivity contribution in [3.8, 4) is 17.2 Å². The summed E-state index contributed by atoms with van der Waals surface area (Å²) in [6.07, 6.45) is 5.51. The molecule has 3 aromatic carbocycles. The molecule has 36 heavy (non-hydrogen) atoms. The van der Waals surface area contributed by atoms with Crippen LogP contribution in [0.25, 0.3) is 10.8 Å². The summed E-state index contributed by atoms with van der Waals surface area (Å²) < 4.78 is 17.2. The highest BCUT2D eigenvalue weighted by atomic mass is 16.7. The molecule has 6 rings (SSSR count). The van der Waals surface area contributed by atoms with Gasteiger partial charge in [0.2, 0.25) is 6.79 Å². The lowest BCUT2D eigenvalue weighted by molar-refractivity contribution is 0.0694. The minimum Gasteiger partial charge on any atom is -0.493 e. The van der Waals surface area contributed by atoms with Gasteiger partial charge in [-0.1, -0.05) is 42.8 Å². The lowest BCUT2D eigenvalue weighted by Gasteiger charge is -2.33. The molecular weight excluding hydrogens is 452 g/mol. The zero-order valence-corrected chi connectivity index (χ0v) is 20.8. The summed E-state index contributed by atoms with van der Waals surface area (Å²) in [7, 11) is 0.